The van der Waals surface area contributed by atoms with E-state index in [2.05, 4.69) is 5.32 Å². The minimum absolute atomic E-state index is 0.00282. The van der Waals surface area contributed by atoms with E-state index in [1.54, 1.807) is 54.6 Å². The zero-order chi connectivity index (χ0) is 25.1. The first kappa shape index (κ1) is 24.7. The molecule has 0 radical (unpaired) electrons. The summed E-state index contributed by atoms with van der Waals surface area (Å²) in [5, 5.41) is 2.74. The molecule has 178 valence electrons. The van der Waals surface area contributed by atoms with Crippen molar-refractivity contribution in [1.29, 1.82) is 0 Å². The van der Waals surface area contributed by atoms with Crippen molar-refractivity contribution in [2.45, 2.75) is 6.61 Å². The molecule has 10 heteroatoms. The smallest absolute Gasteiger partial charge is 0.270 e. The Balaban J connectivity index is 1.63. The number of nitrogens with one attached hydrogen (secondary N) is 1. The lowest BCUT2D eigenvalue weighted by Gasteiger charge is -2.29. The number of carbonyl (C=O) groups is 2. The summed E-state index contributed by atoms with van der Waals surface area (Å²) in [5.74, 6) is -0.998. The Hall–Kier alpha value is -3.46. The van der Waals surface area contributed by atoms with Crippen LogP contribution in [-0.4, -0.2) is 24.0 Å². The standard InChI is InChI=1S/C25H17Cl2FN2O4S/c1-33-21-12-14(9-10-20(21)34-13-15-5-2-3-7-18(15)28)11-16-23(31)29-25(35)30(24(16)32)19-8-4-6-17(26)22(19)27/h2-12H,13H2,1H3,(H,29,31,35)/b16-11+. The van der Waals surface area contributed by atoms with Crippen LogP contribution in [0.15, 0.2) is 66.2 Å². The van der Waals surface area contributed by atoms with E-state index in [-0.39, 0.29) is 38.8 Å². The minimum Gasteiger partial charge on any atom is -0.493 e. The van der Waals surface area contributed by atoms with Gasteiger partial charge in [-0.05, 0) is 54.2 Å². The molecule has 1 saturated heterocycles. The Morgan fingerprint density at radius 1 is 1.06 bits per heavy atom. The molecule has 1 fully saturated rings. The molecule has 0 spiro atoms. The Labute approximate surface area is 215 Å². The molecule has 3 aromatic rings. The molecule has 35 heavy (non-hydrogen) atoms. The van der Waals surface area contributed by atoms with Crippen LogP contribution in [0.25, 0.3) is 6.08 Å². The van der Waals surface area contributed by atoms with E-state index in [1.165, 1.54) is 19.3 Å². The molecule has 0 aliphatic carbocycles. The molecule has 1 heterocycles. The van der Waals surface area contributed by atoms with Crippen LogP contribution in [0.4, 0.5) is 10.1 Å². The van der Waals surface area contributed by atoms with Crippen LogP contribution in [0, 0.1) is 5.82 Å². The maximum atomic E-state index is 13.9. The number of hydrogen-bond acceptors (Lipinski definition) is 5. The zero-order valence-electron chi connectivity index (χ0n) is 18.2. The molecule has 0 atom stereocenters. The third-order valence-corrected chi connectivity index (χ3v) is 6.21. The summed E-state index contributed by atoms with van der Waals surface area (Å²) in [6, 6.07) is 15.9. The van der Waals surface area contributed by atoms with E-state index in [0.717, 1.165) is 4.90 Å². The van der Waals surface area contributed by atoms with Gasteiger partial charge in [0, 0.05) is 5.56 Å². The first-order valence-corrected chi connectivity index (χ1v) is 11.4. The molecule has 1 aliphatic rings. The summed E-state index contributed by atoms with van der Waals surface area (Å²) >= 11 is 17.6. The maximum Gasteiger partial charge on any atom is 0.270 e. The average molecular weight is 531 g/mol. The van der Waals surface area contributed by atoms with Crippen molar-refractivity contribution in [3.8, 4) is 11.5 Å². The van der Waals surface area contributed by atoms with E-state index in [4.69, 9.17) is 44.9 Å². The number of rotatable bonds is 6. The molecule has 1 aliphatic heterocycles. The fraction of sp³-hybridized carbons (Fsp3) is 0.0800. The van der Waals surface area contributed by atoms with Gasteiger partial charge in [-0.2, -0.15) is 0 Å². The van der Waals surface area contributed by atoms with E-state index < -0.39 is 11.8 Å². The first-order chi connectivity index (χ1) is 16.8. The van der Waals surface area contributed by atoms with Gasteiger partial charge in [0.25, 0.3) is 11.8 Å². The lowest BCUT2D eigenvalue weighted by Crippen LogP contribution is -2.54. The van der Waals surface area contributed by atoms with Crippen LogP contribution in [-0.2, 0) is 16.2 Å². The van der Waals surface area contributed by atoms with Crippen LogP contribution >= 0.6 is 35.4 Å². The summed E-state index contributed by atoms with van der Waals surface area (Å²) in [6.07, 6.45) is 1.40. The second kappa shape index (κ2) is 10.4. The monoisotopic (exact) mass is 530 g/mol. The summed E-state index contributed by atoms with van der Waals surface area (Å²) in [6.45, 7) is -0.00282. The van der Waals surface area contributed by atoms with Crippen LogP contribution in [0.3, 0.4) is 0 Å². The molecule has 0 saturated carbocycles. The van der Waals surface area contributed by atoms with E-state index in [0.29, 0.717) is 22.6 Å². The van der Waals surface area contributed by atoms with Crippen LogP contribution < -0.4 is 19.7 Å². The fourth-order valence-electron chi connectivity index (χ4n) is 3.37. The molecule has 0 unspecified atom stereocenters. The zero-order valence-corrected chi connectivity index (χ0v) is 20.5. The number of benzene rings is 3. The quantitative estimate of drug-likeness (QED) is 0.257. The Kier molecular flexibility index (Phi) is 7.35. The number of hydrogen-bond donors (Lipinski definition) is 1. The molecule has 2 amide bonds. The molecule has 6 nitrogen and oxygen atoms in total. The highest BCUT2D eigenvalue weighted by Gasteiger charge is 2.35. The van der Waals surface area contributed by atoms with Crippen LogP contribution in [0.1, 0.15) is 11.1 Å². The maximum absolute atomic E-state index is 13.9. The Bertz CT molecular complexity index is 1380. The Morgan fingerprint density at radius 3 is 2.57 bits per heavy atom. The predicted molar refractivity (Wildman–Crippen MR) is 136 cm³/mol. The highest BCUT2D eigenvalue weighted by molar-refractivity contribution is 7.80. The van der Waals surface area contributed by atoms with E-state index >= 15 is 0 Å². The topological polar surface area (TPSA) is 67.9 Å². The number of methoxy groups -OCH3 is 1. The average Bonchev–Trinajstić information content (AvgIpc) is 2.84. The fourth-order valence-corrected chi connectivity index (χ4v) is 4.03. The van der Waals surface area contributed by atoms with Gasteiger partial charge in [0.05, 0.1) is 22.8 Å². The third-order valence-electron chi connectivity index (χ3n) is 5.11. The van der Waals surface area contributed by atoms with Crippen molar-refractivity contribution in [3.63, 3.8) is 0 Å². The summed E-state index contributed by atoms with van der Waals surface area (Å²) in [4.78, 5) is 27.0. The third kappa shape index (κ3) is 5.14. The minimum atomic E-state index is -0.665. The Morgan fingerprint density at radius 2 is 1.83 bits per heavy atom. The highest BCUT2D eigenvalue weighted by Crippen LogP contribution is 2.35. The van der Waals surface area contributed by atoms with Gasteiger partial charge < -0.3 is 9.47 Å². The number of carbonyl (C=O) groups excluding carboxylic acids is 2. The van der Waals surface area contributed by atoms with Crippen LogP contribution in [0.2, 0.25) is 10.0 Å². The SMILES string of the molecule is COc1cc(/C=C2\C(=O)NC(=S)N(c3cccc(Cl)c3Cl)C2=O)ccc1OCc1ccccc1F. The van der Waals surface area contributed by atoms with Gasteiger partial charge >= 0.3 is 0 Å². The molecule has 0 aromatic heterocycles. The van der Waals surface area contributed by atoms with Gasteiger partial charge in [0.15, 0.2) is 16.6 Å². The summed E-state index contributed by atoms with van der Waals surface area (Å²) in [7, 11) is 1.45. The predicted octanol–water partition coefficient (Wildman–Crippen LogP) is 5.55. The number of nitrogens with zero attached hydrogens (tertiary/aromatic N) is 1. The lowest BCUT2D eigenvalue weighted by atomic mass is 10.1. The number of anilines is 1. The second-order valence-corrected chi connectivity index (χ2v) is 8.49. The van der Waals surface area contributed by atoms with Crippen LogP contribution in [0.5, 0.6) is 11.5 Å². The lowest BCUT2D eigenvalue weighted by molar-refractivity contribution is -0.122. The van der Waals surface area contributed by atoms with Gasteiger partial charge in [0.2, 0.25) is 0 Å². The van der Waals surface area contributed by atoms with Gasteiger partial charge in [-0.15, -0.1) is 0 Å². The molecule has 4 rings (SSSR count). The number of thiocarbonyl (C=S) groups is 1. The largest absolute Gasteiger partial charge is 0.493 e. The number of halogens is 3. The van der Waals surface area contributed by atoms with Gasteiger partial charge in [-0.1, -0.05) is 53.5 Å². The van der Waals surface area contributed by atoms with Gasteiger partial charge in [0.1, 0.15) is 18.0 Å². The summed E-state index contributed by atoms with van der Waals surface area (Å²) < 4.78 is 25.0. The number of amides is 2. The molecule has 0 bridgehead atoms. The van der Waals surface area contributed by atoms with E-state index in [1.807, 2.05) is 0 Å². The van der Waals surface area contributed by atoms with Gasteiger partial charge in [-0.3, -0.25) is 19.8 Å². The second-order valence-electron chi connectivity index (χ2n) is 7.32. The van der Waals surface area contributed by atoms with E-state index in [9.17, 15) is 14.0 Å². The highest BCUT2D eigenvalue weighted by atomic mass is 35.5. The first-order valence-electron chi connectivity index (χ1n) is 10.2. The van der Waals surface area contributed by atoms with Crippen molar-refractivity contribution < 1.29 is 23.5 Å². The summed E-state index contributed by atoms with van der Waals surface area (Å²) in [5.41, 5.74) is 0.954. The van der Waals surface area contributed by atoms with Crippen molar-refractivity contribution in [2.75, 3.05) is 12.0 Å². The molecule has 3 aromatic carbocycles. The van der Waals surface area contributed by atoms with Crippen molar-refractivity contribution in [3.05, 3.63) is 93.2 Å². The van der Waals surface area contributed by atoms with Crippen molar-refractivity contribution >= 4 is 64.1 Å². The van der Waals surface area contributed by atoms with Crippen molar-refractivity contribution in [1.82, 2.24) is 5.32 Å². The van der Waals surface area contributed by atoms with Gasteiger partial charge in [-0.25, -0.2) is 4.39 Å². The molecule has 1 N–H and O–H groups in total. The molecular weight excluding hydrogens is 514 g/mol. The molecular formula is C25H17Cl2FN2O4S. The normalized spacial score (nSPS) is 14.8. The number of ether oxygens (including phenoxy) is 2. The van der Waals surface area contributed by atoms with Crippen molar-refractivity contribution in [2.24, 2.45) is 0 Å².